The number of aryl methyl sites for hydroxylation is 1. The molecular weight excluding hydrogens is 314 g/mol. The molecule has 0 saturated carbocycles. The summed E-state index contributed by atoms with van der Waals surface area (Å²) in [5.74, 6) is 0.723. The first-order chi connectivity index (χ1) is 11.0. The Morgan fingerprint density at radius 3 is 2.83 bits per heavy atom. The van der Waals surface area contributed by atoms with Crippen LogP contribution in [-0.2, 0) is 23.1 Å². The number of nitrogens with zero attached hydrogens (tertiary/aromatic N) is 3. The molecule has 6 nitrogen and oxygen atoms in total. The van der Waals surface area contributed by atoms with Gasteiger partial charge in [0.15, 0.2) is 0 Å². The summed E-state index contributed by atoms with van der Waals surface area (Å²) >= 11 is 0. The third-order valence-corrected chi connectivity index (χ3v) is 5.59. The molecule has 1 aliphatic rings. The van der Waals surface area contributed by atoms with Crippen LogP contribution < -0.4 is 4.74 Å². The molecule has 0 aliphatic carbocycles. The molecule has 0 saturated heterocycles. The van der Waals surface area contributed by atoms with Gasteiger partial charge in [-0.3, -0.25) is 0 Å². The second-order valence-corrected chi connectivity index (χ2v) is 7.48. The van der Waals surface area contributed by atoms with Crippen molar-refractivity contribution in [2.24, 2.45) is 0 Å². The van der Waals surface area contributed by atoms with E-state index in [9.17, 15) is 8.42 Å². The first-order valence-electron chi connectivity index (χ1n) is 7.53. The molecular formula is C16H19N3O3S. The Morgan fingerprint density at radius 2 is 2.13 bits per heavy atom. The van der Waals surface area contributed by atoms with E-state index in [1.165, 1.54) is 10.6 Å². The molecule has 0 atom stereocenters. The Hall–Kier alpha value is -1.99. The number of ether oxygens (including phenoxy) is 1. The maximum atomic E-state index is 12.8. The molecule has 0 N–H and O–H groups in total. The number of hydrogen-bond donors (Lipinski definition) is 0. The van der Waals surface area contributed by atoms with Crippen molar-refractivity contribution in [3.8, 4) is 5.75 Å². The lowest BCUT2D eigenvalue weighted by Crippen LogP contribution is -2.25. The van der Waals surface area contributed by atoms with E-state index in [4.69, 9.17) is 4.74 Å². The maximum Gasteiger partial charge on any atom is 0.243 e. The lowest BCUT2D eigenvalue weighted by atomic mass is 10.2. The minimum atomic E-state index is -3.56. The van der Waals surface area contributed by atoms with E-state index in [0.29, 0.717) is 13.2 Å². The predicted molar refractivity (Wildman–Crippen MR) is 85.4 cm³/mol. The largest absolute Gasteiger partial charge is 0.493 e. The highest BCUT2D eigenvalue weighted by Gasteiger charge is 2.31. The van der Waals surface area contributed by atoms with Crippen molar-refractivity contribution in [2.75, 3.05) is 6.61 Å². The van der Waals surface area contributed by atoms with Gasteiger partial charge in [0, 0.05) is 18.3 Å². The smallest absolute Gasteiger partial charge is 0.243 e. The van der Waals surface area contributed by atoms with Crippen molar-refractivity contribution in [3.05, 3.63) is 47.5 Å². The lowest BCUT2D eigenvalue weighted by molar-refractivity contribution is 0.315. The molecule has 1 aliphatic heterocycles. The lowest BCUT2D eigenvalue weighted by Gasteiger charge is -2.16. The molecule has 0 fully saturated rings. The normalized spacial score (nSPS) is 14.7. The molecule has 1 aromatic carbocycles. The highest BCUT2D eigenvalue weighted by molar-refractivity contribution is 7.89. The zero-order valence-corrected chi connectivity index (χ0v) is 14.0. The number of benzene rings is 1. The average Bonchev–Trinajstić information content (AvgIpc) is 2.98. The van der Waals surface area contributed by atoms with E-state index < -0.39 is 10.0 Å². The molecule has 0 bridgehead atoms. The van der Waals surface area contributed by atoms with E-state index in [1.807, 2.05) is 13.8 Å². The SMILES string of the molecule is CCCOc1ccc(S(=O)(=O)N2Cc3cncnc3C2)cc1C. The summed E-state index contributed by atoms with van der Waals surface area (Å²) in [6, 6.07) is 4.98. The molecule has 0 spiro atoms. The molecule has 122 valence electrons. The van der Waals surface area contributed by atoms with E-state index in [0.717, 1.165) is 29.0 Å². The van der Waals surface area contributed by atoms with Gasteiger partial charge in [-0.25, -0.2) is 18.4 Å². The van der Waals surface area contributed by atoms with Gasteiger partial charge in [-0.15, -0.1) is 0 Å². The number of fused-ring (bicyclic) bond motifs is 1. The second-order valence-electron chi connectivity index (χ2n) is 5.54. The van der Waals surface area contributed by atoms with Gasteiger partial charge < -0.3 is 4.74 Å². The van der Waals surface area contributed by atoms with Crippen molar-refractivity contribution < 1.29 is 13.2 Å². The van der Waals surface area contributed by atoms with Crippen molar-refractivity contribution in [2.45, 2.75) is 38.3 Å². The van der Waals surface area contributed by atoms with E-state index in [2.05, 4.69) is 9.97 Å². The van der Waals surface area contributed by atoms with Crippen LogP contribution in [0.5, 0.6) is 5.75 Å². The molecule has 0 radical (unpaired) electrons. The van der Waals surface area contributed by atoms with Crippen LogP contribution in [0.4, 0.5) is 0 Å². The third kappa shape index (κ3) is 3.07. The maximum absolute atomic E-state index is 12.8. The van der Waals surface area contributed by atoms with Crippen molar-refractivity contribution >= 4 is 10.0 Å². The first kappa shape index (κ1) is 15.9. The Labute approximate surface area is 136 Å². The van der Waals surface area contributed by atoms with Crippen LogP contribution in [0.3, 0.4) is 0 Å². The van der Waals surface area contributed by atoms with Crippen LogP contribution in [0.25, 0.3) is 0 Å². The zero-order valence-electron chi connectivity index (χ0n) is 13.2. The Bertz CT molecular complexity index is 796. The number of aromatic nitrogens is 2. The minimum absolute atomic E-state index is 0.277. The van der Waals surface area contributed by atoms with Crippen LogP contribution in [0.1, 0.15) is 30.2 Å². The quantitative estimate of drug-likeness (QED) is 0.839. The van der Waals surface area contributed by atoms with Gasteiger partial charge in [0.25, 0.3) is 0 Å². The number of sulfonamides is 1. The van der Waals surface area contributed by atoms with Gasteiger partial charge in [0.2, 0.25) is 10.0 Å². The van der Waals surface area contributed by atoms with Gasteiger partial charge in [0.05, 0.1) is 23.7 Å². The van der Waals surface area contributed by atoms with Crippen molar-refractivity contribution in [3.63, 3.8) is 0 Å². The summed E-state index contributed by atoms with van der Waals surface area (Å²) in [5, 5.41) is 0. The fraction of sp³-hybridized carbons (Fsp3) is 0.375. The number of hydrogen-bond acceptors (Lipinski definition) is 5. The molecule has 2 aromatic rings. The molecule has 0 unspecified atom stereocenters. The fourth-order valence-electron chi connectivity index (χ4n) is 2.55. The predicted octanol–water partition coefficient (Wildman–Crippen LogP) is 2.28. The monoisotopic (exact) mass is 333 g/mol. The molecule has 1 aromatic heterocycles. The van der Waals surface area contributed by atoms with Crippen molar-refractivity contribution in [1.29, 1.82) is 0 Å². The van der Waals surface area contributed by atoms with Crippen LogP contribution in [0.15, 0.2) is 35.6 Å². The highest BCUT2D eigenvalue weighted by Crippen LogP contribution is 2.29. The average molecular weight is 333 g/mol. The molecule has 0 amide bonds. The van der Waals surface area contributed by atoms with Gasteiger partial charge in [0.1, 0.15) is 12.1 Å². The van der Waals surface area contributed by atoms with Gasteiger partial charge >= 0.3 is 0 Å². The Balaban J connectivity index is 1.85. The summed E-state index contributed by atoms with van der Waals surface area (Å²) in [6.07, 6.45) is 4.02. The van der Waals surface area contributed by atoms with E-state index >= 15 is 0 Å². The summed E-state index contributed by atoms with van der Waals surface area (Å²) < 4.78 is 32.7. The summed E-state index contributed by atoms with van der Waals surface area (Å²) in [7, 11) is -3.56. The van der Waals surface area contributed by atoms with Gasteiger partial charge in [-0.2, -0.15) is 4.31 Å². The van der Waals surface area contributed by atoms with Crippen LogP contribution >= 0.6 is 0 Å². The molecule has 2 heterocycles. The van der Waals surface area contributed by atoms with E-state index in [1.54, 1.807) is 24.4 Å². The van der Waals surface area contributed by atoms with Crippen LogP contribution in [0, 0.1) is 6.92 Å². The summed E-state index contributed by atoms with van der Waals surface area (Å²) in [6.45, 7) is 5.10. The second kappa shape index (κ2) is 6.25. The standard InChI is InChI=1S/C16H19N3O3S/c1-3-6-22-16-5-4-14(7-12(16)2)23(20,21)19-9-13-8-17-11-18-15(13)10-19/h4-5,7-8,11H,3,6,9-10H2,1-2H3. The van der Waals surface area contributed by atoms with Crippen LogP contribution in [0.2, 0.25) is 0 Å². The number of rotatable bonds is 5. The Kier molecular flexibility index (Phi) is 4.32. The van der Waals surface area contributed by atoms with Crippen LogP contribution in [-0.4, -0.2) is 29.3 Å². The van der Waals surface area contributed by atoms with Gasteiger partial charge in [-0.05, 0) is 37.1 Å². The summed E-state index contributed by atoms with van der Waals surface area (Å²) in [4.78, 5) is 8.37. The molecule has 23 heavy (non-hydrogen) atoms. The Morgan fingerprint density at radius 1 is 1.30 bits per heavy atom. The third-order valence-electron chi connectivity index (χ3n) is 3.80. The van der Waals surface area contributed by atoms with Gasteiger partial charge in [-0.1, -0.05) is 6.92 Å². The topological polar surface area (TPSA) is 72.4 Å². The molecule has 7 heteroatoms. The zero-order chi connectivity index (χ0) is 16.4. The minimum Gasteiger partial charge on any atom is -0.493 e. The van der Waals surface area contributed by atoms with Crippen molar-refractivity contribution in [1.82, 2.24) is 14.3 Å². The molecule has 3 rings (SSSR count). The first-order valence-corrected chi connectivity index (χ1v) is 8.97. The fourth-order valence-corrected chi connectivity index (χ4v) is 4.01. The summed E-state index contributed by atoms with van der Waals surface area (Å²) in [5.41, 5.74) is 2.44. The highest BCUT2D eigenvalue weighted by atomic mass is 32.2. The van der Waals surface area contributed by atoms with E-state index in [-0.39, 0.29) is 11.4 Å².